The standard InChI is InChI=1S/C11H23NOS/c1-6-7-12-10(13)9(2)14-8-11(3,4)5/h9H,6-8H2,1-5H3,(H,12,13)/t9-/m0/s1. The number of amides is 1. The van der Waals surface area contributed by atoms with Crippen molar-refractivity contribution in [2.45, 2.75) is 46.3 Å². The van der Waals surface area contributed by atoms with Crippen LogP contribution < -0.4 is 5.32 Å². The van der Waals surface area contributed by atoms with Crippen molar-refractivity contribution in [3.63, 3.8) is 0 Å². The number of hydrogen-bond donors (Lipinski definition) is 1. The molecule has 0 saturated carbocycles. The molecule has 2 nitrogen and oxygen atoms in total. The minimum Gasteiger partial charge on any atom is -0.355 e. The van der Waals surface area contributed by atoms with Gasteiger partial charge in [0.15, 0.2) is 0 Å². The van der Waals surface area contributed by atoms with Crippen LogP contribution in [-0.4, -0.2) is 23.5 Å². The summed E-state index contributed by atoms with van der Waals surface area (Å²) in [6.07, 6.45) is 1.00. The van der Waals surface area contributed by atoms with Crippen LogP contribution >= 0.6 is 11.8 Å². The van der Waals surface area contributed by atoms with E-state index in [1.807, 2.05) is 6.92 Å². The summed E-state index contributed by atoms with van der Waals surface area (Å²) in [5, 5.41) is 2.98. The molecule has 0 saturated heterocycles. The zero-order chi connectivity index (χ0) is 11.2. The molecule has 0 rings (SSSR count). The van der Waals surface area contributed by atoms with Gasteiger partial charge in [0.2, 0.25) is 5.91 Å². The van der Waals surface area contributed by atoms with Crippen molar-refractivity contribution < 1.29 is 4.79 Å². The van der Waals surface area contributed by atoms with Crippen LogP contribution in [0.3, 0.4) is 0 Å². The molecule has 0 aromatic heterocycles. The van der Waals surface area contributed by atoms with Gasteiger partial charge >= 0.3 is 0 Å². The summed E-state index contributed by atoms with van der Waals surface area (Å²) in [5.74, 6) is 1.19. The van der Waals surface area contributed by atoms with Crippen LogP contribution in [0, 0.1) is 5.41 Å². The second-order valence-corrected chi connectivity index (χ2v) is 6.13. The highest BCUT2D eigenvalue weighted by atomic mass is 32.2. The quantitative estimate of drug-likeness (QED) is 0.767. The lowest BCUT2D eigenvalue weighted by molar-refractivity contribution is -0.120. The Hall–Kier alpha value is -0.180. The number of nitrogens with one attached hydrogen (secondary N) is 1. The summed E-state index contributed by atoms with van der Waals surface area (Å²) in [5.41, 5.74) is 0.296. The van der Waals surface area contributed by atoms with Gasteiger partial charge < -0.3 is 5.32 Å². The molecule has 0 aromatic carbocycles. The molecule has 0 aromatic rings. The SMILES string of the molecule is CCCNC(=O)[C@H](C)SCC(C)(C)C. The van der Waals surface area contributed by atoms with E-state index in [1.54, 1.807) is 11.8 Å². The third kappa shape index (κ3) is 7.25. The van der Waals surface area contributed by atoms with E-state index in [0.29, 0.717) is 5.41 Å². The first-order valence-corrected chi connectivity index (χ1v) is 6.31. The number of thioether (sulfide) groups is 1. The Labute approximate surface area is 92.2 Å². The first-order valence-electron chi connectivity index (χ1n) is 5.26. The Morgan fingerprint density at radius 1 is 1.43 bits per heavy atom. The molecule has 0 bridgehead atoms. The molecule has 3 heteroatoms. The summed E-state index contributed by atoms with van der Waals surface area (Å²) in [6, 6.07) is 0. The molecular formula is C11H23NOS. The highest BCUT2D eigenvalue weighted by Crippen LogP contribution is 2.23. The highest BCUT2D eigenvalue weighted by Gasteiger charge is 2.17. The van der Waals surface area contributed by atoms with Crippen molar-refractivity contribution >= 4 is 17.7 Å². The van der Waals surface area contributed by atoms with Crippen LogP contribution in [0.5, 0.6) is 0 Å². The lowest BCUT2D eigenvalue weighted by Gasteiger charge is -2.20. The van der Waals surface area contributed by atoms with Gasteiger partial charge in [-0.15, -0.1) is 11.8 Å². The van der Waals surface area contributed by atoms with Crippen molar-refractivity contribution in [3.05, 3.63) is 0 Å². The Kier molecular flexibility index (Phi) is 6.25. The number of carbonyl (C=O) groups excluding carboxylic acids is 1. The Morgan fingerprint density at radius 3 is 2.43 bits per heavy atom. The van der Waals surface area contributed by atoms with Gasteiger partial charge in [-0.2, -0.15) is 0 Å². The van der Waals surface area contributed by atoms with Crippen molar-refractivity contribution in [2.24, 2.45) is 5.41 Å². The molecular weight excluding hydrogens is 194 g/mol. The van der Waals surface area contributed by atoms with Gasteiger partial charge in [-0.05, 0) is 24.5 Å². The molecule has 0 spiro atoms. The molecule has 0 aliphatic heterocycles. The Morgan fingerprint density at radius 2 is 2.00 bits per heavy atom. The van der Waals surface area contributed by atoms with Crippen LogP contribution in [0.4, 0.5) is 0 Å². The van der Waals surface area contributed by atoms with Gasteiger partial charge in [0.25, 0.3) is 0 Å². The molecule has 0 heterocycles. The van der Waals surface area contributed by atoms with Gasteiger partial charge in [0, 0.05) is 6.54 Å². The van der Waals surface area contributed by atoms with E-state index in [9.17, 15) is 4.79 Å². The van der Waals surface area contributed by atoms with E-state index >= 15 is 0 Å². The number of hydrogen-bond acceptors (Lipinski definition) is 2. The minimum absolute atomic E-state index is 0.0702. The summed E-state index contributed by atoms with van der Waals surface area (Å²) in [4.78, 5) is 11.5. The van der Waals surface area contributed by atoms with E-state index < -0.39 is 0 Å². The van der Waals surface area contributed by atoms with Gasteiger partial charge in [-0.25, -0.2) is 0 Å². The average Bonchev–Trinajstić information content (AvgIpc) is 2.09. The molecule has 0 fully saturated rings. The summed E-state index contributed by atoms with van der Waals surface area (Å²) in [6.45, 7) is 11.4. The predicted octanol–water partition coefficient (Wildman–Crippen LogP) is 2.68. The van der Waals surface area contributed by atoms with E-state index in [0.717, 1.165) is 18.7 Å². The second kappa shape index (κ2) is 6.33. The lowest BCUT2D eigenvalue weighted by Crippen LogP contribution is -2.32. The molecule has 0 unspecified atom stereocenters. The highest BCUT2D eigenvalue weighted by molar-refractivity contribution is 8.00. The maximum atomic E-state index is 11.5. The molecule has 1 N–H and O–H groups in total. The van der Waals surface area contributed by atoms with Crippen LogP contribution in [0.1, 0.15) is 41.0 Å². The summed E-state index contributed by atoms with van der Waals surface area (Å²) < 4.78 is 0. The fourth-order valence-corrected chi connectivity index (χ4v) is 1.83. The maximum Gasteiger partial charge on any atom is 0.232 e. The molecule has 14 heavy (non-hydrogen) atoms. The molecule has 0 aliphatic carbocycles. The summed E-state index contributed by atoms with van der Waals surface area (Å²) >= 11 is 1.73. The lowest BCUT2D eigenvalue weighted by atomic mass is 10.0. The Bertz CT molecular complexity index is 175. The fourth-order valence-electron chi connectivity index (χ4n) is 0.843. The normalized spacial score (nSPS) is 13.8. The zero-order valence-electron chi connectivity index (χ0n) is 10.0. The van der Waals surface area contributed by atoms with Gasteiger partial charge in [0.05, 0.1) is 5.25 Å². The van der Waals surface area contributed by atoms with Crippen LogP contribution in [0.25, 0.3) is 0 Å². The summed E-state index contributed by atoms with van der Waals surface area (Å²) in [7, 11) is 0. The zero-order valence-corrected chi connectivity index (χ0v) is 10.8. The van der Waals surface area contributed by atoms with E-state index in [4.69, 9.17) is 0 Å². The molecule has 0 aliphatic rings. The van der Waals surface area contributed by atoms with Gasteiger partial charge in [0.1, 0.15) is 0 Å². The van der Waals surface area contributed by atoms with E-state index in [-0.39, 0.29) is 11.2 Å². The third-order valence-electron chi connectivity index (χ3n) is 1.68. The smallest absolute Gasteiger partial charge is 0.232 e. The average molecular weight is 217 g/mol. The first kappa shape index (κ1) is 13.8. The van der Waals surface area contributed by atoms with Crippen molar-refractivity contribution in [3.8, 4) is 0 Å². The van der Waals surface area contributed by atoms with Crippen LogP contribution in [0.2, 0.25) is 0 Å². The molecule has 1 atom stereocenters. The van der Waals surface area contributed by atoms with Crippen LogP contribution in [0.15, 0.2) is 0 Å². The van der Waals surface area contributed by atoms with E-state index in [2.05, 4.69) is 33.0 Å². The fraction of sp³-hybridized carbons (Fsp3) is 0.909. The van der Waals surface area contributed by atoms with Gasteiger partial charge in [-0.3, -0.25) is 4.79 Å². The topological polar surface area (TPSA) is 29.1 Å². The van der Waals surface area contributed by atoms with Crippen molar-refractivity contribution in [1.29, 1.82) is 0 Å². The Balaban J connectivity index is 3.73. The second-order valence-electron chi connectivity index (χ2n) is 4.80. The van der Waals surface area contributed by atoms with Crippen molar-refractivity contribution in [2.75, 3.05) is 12.3 Å². The van der Waals surface area contributed by atoms with Gasteiger partial charge in [-0.1, -0.05) is 27.7 Å². The predicted molar refractivity (Wildman–Crippen MR) is 64.7 cm³/mol. The first-order chi connectivity index (χ1) is 6.37. The van der Waals surface area contributed by atoms with Crippen LogP contribution in [-0.2, 0) is 4.79 Å². The van der Waals surface area contributed by atoms with Crippen molar-refractivity contribution in [1.82, 2.24) is 5.32 Å². The monoisotopic (exact) mass is 217 g/mol. The maximum absolute atomic E-state index is 11.5. The number of rotatable bonds is 5. The van der Waals surface area contributed by atoms with E-state index in [1.165, 1.54) is 0 Å². The molecule has 84 valence electrons. The molecule has 0 radical (unpaired) electrons. The molecule has 1 amide bonds. The largest absolute Gasteiger partial charge is 0.355 e. The minimum atomic E-state index is 0.0702. The third-order valence-corrected chi connectivity index (χ3v) is 3.43. The number of carbonyl (C=O) groups is 1.